The van der Waals surface area contributed by atoms with E-state index in [0.717, 1.165) is 5.56 Å². The van der Waals surface area contributed by atoms with Crippen LogP contribution in [0.25, 0.3) is 6.08 Å². The molecule has 0 spiro atoms. The Kier molecular flexibility index (Phi) is 4.08. The van der Waals surface area contributed by atoms with E-state index in [0.29, 0.717) is 11.3 Å². The van der Waals surface area contributed by atoms with E-state index >= 15 is 0 Å². The predicted molar refractivity (Wildman–Crippen MR) is 75.2 cm³/mol. The van der Waals surface area contributed by atoms with Crippen LogP contribution in [-0.2, 0) is 4.79 Å². The molecular formula is C16H14FNO. The molecule has 0 aliphatic carbocycles. The lowest BCUT2D eigenvalue weighted by molar-refractivity contribution is -0.111. The van der Waals surface area contributed by atoms with Gasteiger partial charge in [0.15, 0.2) is 0 Å². The minimum atomic E-state index is -0.329. The van der Waals surface area contributed by atoms with Gasteiger partial charge in [0.05, 0.1) is 0 Å². The maximum absolute atomic E-state index is 13.3. The molecule has 0 aromatic heterocycles. The van der Waals surface area contributed by atoms with Gasteiger partial charge in [-0.2, -0.15) is 0 Å². The fraction of sp³-hybridized carbons (Fsp3) is 0.0625. The van der Waals surface area contributed by atoms with Crippen LogP contribution >= 0.6 is 0 Å². The number of halogens is 1. The van der Waals surface area contributed by atoms with Crippen molar-refractivity contribution in [2.75, 3.05) is 5.32 Å². The first kappa shape index (κ1) is 13.0. The predicted octanol–water partition coefficient (Wildman–Crippen LogP) is 3.79. The third-order valence-electron chi connectivity index (χ3n) is 2.75. The van der Waals surface area contributed by atoms with Gasteiger partial charge in [0.25, 0.3) is 0 Å². The molecule has 0 aliphatic rings. The Balaban J connectivity index is 2.06. The minimum Gasteiger partial charge on any atom is -0.322 e. The Morgan fingerprint density at radius 2 is 1.84 bits per heavy atom. The lowest BCUT2D eigenvalue weighted by atomic mass is 10.2. The highest BCUT2D eigenvalue weighted by atomic mass is 19.1. The van der Waals surface area contributed by atoms with Gasteiger partial charge < -0.3 is 5.32 Å². The Hall–Kier alpha value is -2.42. The van der Waals surface area contributed by atoms with Crippen molar-refractivity contribution in [1.82, 2.24) is 0 Å². The molecular weight excluding hydrogens is 241 g/mol. The first-order valence-electron chi connectivity index (χ1n) is 5.96. The molecule has 2 aromatic carbocycles. The van der Waals surface area contributed by atoms with Gasteiger partial charge >= 0.3 is 0 Å². The van der Waals surface area contributed by atoms with Crippen molar-refractivity contribution in [3.8, 4) is 0 Å². The van der Waals surface area contributed by atoms with Gasteiger partial charge in [0.1, 0.15) is 5.82 Å². The molecule has 3 heteroatoms. The monoisotopic (exact) mass is 255 g/mol. The van der Waals surface area contributed by atoms with Gasteiger partial charge in [0, 0.05) is 17.3 Å². The maximum atomic E-state index is 13.3. The maximum Gasteiger partial charge on any atom is 0.248 e. The van der Waals surface area contributed by atoms with E-state index in [1.54, 1.807) is 25.1 Å². The number of carbonyl (C=O) groups excluding carboxylic acids is 1. The highest BCUT2D eigenvalue weighted by Gasteiger charge is 2.04. The topological polar surface area (TPSA) is 29.1 Å². The number of hydrogen-bond acceptors (Lipinski definition) is 1. The molecule has 2 rings (SSSR count). The van der Waals surface area contributed by atoms with E-state index in [1.165, 1.54) is 12.1 Å². The van der Waals surface area contributed by atoms with Crippen molar-refractivity contribution in [3.63, 3.8) is 0 Å². The normalized spacial score (nSPS) is 10.6. The van der Waals surface area contributed by atoms with Crippen molar-refractivity contribution in [1.29, 1.82) is 0 Å². The zero-order chi connectivity index (χ0) is 13.7. The molecule has 0 saturated carbocycles. The second kappa shape index (κ2) is 5.96. The molecule has 0 unspecified atom stereocenters. The van der Waals surface area contributed by atoms with E-state index < -0.39 is 0 Å². The molecule has 19 heavy (non-hydrogen) atoms. The third-order valence-corrected chi connectivity index (χ3v) is 2.75. The van der Waals surface area contributed by atoms with E-state index in [-0.39, 0.29) is 11.7 Å². The molecule has 2 aromatic rings. The van der Waals surface area contributed by atoms with Crippen LogP contribution in [0.1, 0.15) is 11.1 Å². The number of nitrogens with one attached hydrogen (secondary N) is 1. The molecule has 1 amide bonds. The SMILES string of the molecule is Cc1c(F)cccc1NC(=O)C=Cc1ccccc1. The Morgan fingerprint density at radius 3 is 2.58 bits per heavy atom. The van der Waals surface area contributed by atoms with Gasteiger partial charge in [0.2, 0.25) is 5.91 Å². The third kappa shape index (κ3) is 3.52. The van der Waals surface area contributed by atoms with Crippen molar-refractivity contribution in [3.05, 3.63) is 71.6 Å². The highest BCUT2D eigenvalue weighted by molar-refractivity contribution is 6.02. The van der Waals surface area contributed by atoms with Gasteiger partial charge in [-0.1, -0.05) is 36.4 Å². The van der Waals surface area contributed by atoms with Gasteiger partial charge in [-0.15, -0.1) is 0 Å². The second-order valence-electron chi connectivity index (χ2n) is 4.15. The van der Waals surface area contributed by atoms with Crippen LogP contribution in [0.3, 0.4) is 0 Å². The summed E-state index contributed by atoms with van der Waals surface area (Å²) in [6.45, 7) is 1.63. The average Bonchev–Trinajstić information content (AvgIpc) is 2.43. The lowest BCUT2D eigenvalue weighted by Crippen LogP contribution is -2.09. The molecule has 96 valence electrons. The summed E-state index contributed by atoms with van der Waals surface area (Å²) in [4.78, 5) is 11.7. The minimum absolute atomic E-state index is 0.280. The summed E-state index contributed by atoms with van der Waals surface area (Å²) >= 11 is 0. The number of anilines is 1. The van der Waals surface area contributed by atoms with Crippen LogP contribution in [0, 0.1) is 12.7 Å². The number of carbonyl (C=O) groups is 1. The van der Waals surface area contributed by atoms with Crippen LogP contribution < -0.4 is 5.32 Å². The van der Waals surface area contributed by atoms with Crippen LogP contribution in [0.5, 0.6) is 0 Å². The molecule has 1 N–H and O–H groups in total. The summed E-state index contributed by atoms with van der Waals surface area (Å²) in [5.74, 6) is -0.609. The molecule has 0 bridgehead atoms. The van der Waals surface area contributed by atoms with E-state index in [1.807, 2.05) is 30.3 Å². The van der Waals surface area contributed by atoms with Gasteiger partial charge in [-0.25, -0.2) is 4.39 Å². The summed E-state index contributed by atoms with van der Waals surface area (Å²) in [5.41, 5.74) is 1.86. The molecule has 2 nitrogen and oxygen atoms in total. The van der Waals surface area contributed by atoms with Gasteiger partial charge in [-0.3, -0.25) is 4.79 Å². The molecule has 0 fully saturated rings. The first-order chi connectivity index (χ1) is 9.16. The second-order valence-corrected chi connectivity index (χ2v) is 4.15. The zero-order valence-electron chi connectivity index (χ0n) is 10.6. The average molecular weight is 255 g/mol. The van der Waals surface area contributed by atoms with Crippen LogP contribution in [-0.4, -0.2) is 5.91 Å². The largest absolute Gasteiger partial charge is 0.322 e. The fourth-order valence-corrected chi connectivity index (χ4v) is 1.65. The van der Waals surface area contributed by atoms with Crippen molar-refractivity contribution < 1.29 is 9.18 Å². The smallest absolute Gasteiger partial charge is 0.248 e. The highest BCUT2D eigenvalue weighted by Crippen LogP contribution is 2.17. The van der Waals surface area contributed by atoms with Crippen LogP contribution in [0.4, 0.5) is 10.1 Å². The number of hydrogen-bond donors (Lipinski definition) is 1. The summed E-state index contributed by atoms with van der Waals surface area (Å²) in [6.07, 6.45) is 3.14. The van der Waals surface area contributed by atoms with Crippen molar-refractivity contribution in [2.24, 2.45) is 0 Å². The first-order valence-corrected chi connectivity index (χ1v) is 5.96. The van der Waals surface area contributed by atoms with Crippen LogP contribution in [0.15, 0.2) is 54.6 Å². The Morgan fingerprint density at radius 1 is 1.11 bits per heavy atom. The standard InChI is InChI=1S/C16H14FNO/c1-12-14(17)8-5-9-15(12)18-16(19)11-10-13-6-3-2-4-7-13/h2-11H,1H3,(H,18,19). The lowest BCUT2D eigenvalue weighted by Gasteiger charge is -2.06. The summed E-state index contributed by atoms with van der Waals surface area (Å²) in [6, 6.07) is 14.1. The quantitative estimate of drug-likeness (QED) is 0.831. The fourth-order valence-electron chi connectivity index (χ4n) is 1.65. The molecule has 0 radical (unpaired) electrons. The summed E-state index contributed by atoms with van der Waals surface area (Å²) in [5, 5.41) is 2.66. The molecule has 0 atom stereocenters. The van der Waals surface area contributed by atoms with E-state index in [4.69, 9.17) is 0 Å². The Labute approximate surface area is 111 Å². The molecule has 0 heterocycles. The zero-order valence-corrected chi connectivity index (χ0v) is 10.6. The molecule has 0 saturated heterocycles. The number of benzene rings is 2. The molecule has 0 aliphatic heterocycles. The number of amides is 1. The van der Waals surface area contributed by atoms with Crippen molar-refractivity contribution in [2.45, 2.75) is 6.92 Å². The summed E-state index contributed by atoms with van der Waals surface area (Å²) in [7, 11) is 0. The van der Waals surface area contributed by atoms with E-state index in [9.17, 15) is 9.18 Å². The van der Waals surface area contributed by atoms with Gasteiger partial charge in [-0.05, 0) is 30.7 Å². The van der Waals surface area contributed by atoms with Crippen LogP contribution in [0.2, 0.25) is 0 Å². The number of rotatable bonds is 3. The Bertz CT molecular complexity index is 605. The van der Waals surface area contributed by atoms with E-state index in [2.05, 4.69) is 5.32 Å². The summed E-state index contributed by atoms with van der Waals surface area (Å²) < 4.78 is 13.3. The van der Waals surface area contributed by atoms with Crippen molar-refractivity contribution >= 4 is 17.7 Å².